The molecule has 7 heteroatoms. The average molecular weight is 252 g/mol. The molecule has 0 bridgehead atoms. The number of hydrogen-bond acceptors (Lipinski definition) is 5. The van der Waals surface area contributed by atoms with E-state index in [0.29, 0.717) is 12.0 Å². The number of aromatic nitrogens is 1. The lowest BCUT2D eigenvalue weighted by atomic mass is 10.1. The van der Waals surface area contributed by atoms with Gasteiger partial charge in [0, 0.05) is 24.7 Å². The molecule has 1 aromatic rings. The van der Waals surface area contributed by atoms with Crippen molar-refractivity contribution in [3.63, 3.8) is 0 Å². The molecular formula is C11H13FN4O2. The Balaban J connectivity index is 2.14. The number of carbonyl (C=O) groups excluding carboxylic acids is 2. The molecule has 1 unspecified atom stereocenters. The maximum Gasteiger partial charge on any atom is 0.249 e. The highest BCUT2D eigenvalue weighted by Gasteiger charge is 2.27. The van der Waals surface area contributed by atoms with Crippen molar-refractivity contribution >= 4 is 17.6 Å². The normalized spacial score (nSPS) is 19.6. The monoisotopic (exact) mass is 252 g/mol. The Morgan fingerprint density at radius 1 is 1.56 bits per heavy atom. The van der Waals surface area contributed by atoms with Gasteiger partial charge < -0.3 is 11.1 Å². The number of amides is 2. The van der Waals surface area contributed by atoms with Gasteiger partial charge in [-0.1, -0.05) is 0 Å². The van der Waals surface area contributed by atoms with Gasteiger partial charge in [-0.2, -0.15) is 0 Å². The Bertz CT molecular complexity index is 492. The van der Waals surface area contributed by atoms with Gasteiger partial charge in [0.15, 0.2) is 11.6 Å². The summed E-state index contributed by atoms with van der Waals surface area (Å²) in [4.78, 5) is 26.3. The van der Waals surface area contributed by atoms with Crippen LogP contribution in [-0.4, -0.2) is 22.8 Å². The minimum atomic E-state index is -0.655. The highest BCUT2D eigenvalue weighted by molar-refractivity contribution is 6.01. The molecule has 1 atom stereocenters. The second-order valence-electron chi connectivity index (χ2n) is 3.98. The number of anilines is 1. The van der Waals surface area contributed by atoms with Gasteiger partial charge in [0.05, 0.1) is 0 Å². The molecule has 1 aromatic heterocycles. The molecule has 18 heavy (non-hydrogen) atoms. The molecular weight excluding hydrogens is 239 g/mol. The first-order valence-electron chi connectivity index (χ1n) is 5.55. The summed E-state index contributed by atoms with van der Waals surface area (Å²) in [6, 6.07) is 0.822. The van der Waals surface area contributed by atoms with Crippen LogP contribution in [0.1, 0.15) is 18.4 Å². The maximum atomic E-state index is 13.8. The minimum absolute atomic E-state index is 0.0209. The van der Waals surface area contributed by atoms with Crippen LogP contribution in [0.15, 0.2) is 12.3 Å². The molecule has 0 aliphatic carbocycles. The number of carbonyl (C=O) groups is 2. The van der Waals surface area contributed by atoms with Crippen LogP contribution in [0.2, 0.25) is 0 Å². The summed E-state index contributed by atoms with van der Waals surface area (Å²) < 4.78 is 13.8. The van der Waals surface area contributed by atoms with Crippen molar-refractivity contribution in [2.24, 2.45) is 5.73 Å². The number of piperidine rings is 1. The topological polar surface area (TPSA) is 97.1 Å². The SMILES string of the molecule is NCc1ccnc(NC2CCC(=O)NC2=O)c1F. The van der Waals surface area contributed by atoms with Crippen LogP contribution < -0.4 is 16.4 Å². The highest BCUT2D eigenvalue weighted by Crippen LogP contribution is 2.17. The zero-order chi connectivity index (χ0) is 13.1. The van der Waals surface area contributed by atoms with E-state index in [1.807, 2.05) is 0 Å². The van der Waals surface area contributed by atoms with Gasteiger partial charge in [0.1, 0.15) is 6.04 Å². The van der Waals surface area contributed by atoms with Crippen molar-refractivity contribution < 1.29 is 14.0 Å². The third kappa shape index (κ3) is 2.45. The fourth-order valence-corrected chi connectivity index (χ4v) is 1.74. The van der Waals surface area contributed by atoms with Crippen LogP contribution in [0.4, 0.5) is 10.2 Å². The summed E-state index contributed by atoms with van der Waals surface area (Å²) in [5, 5.41) is 4.87. The standard InChI is InChI=1S/C11H13FN4O2/c12-9-6(5-13)3-4-14-10(9)15-7-1-2-8(17)16-11(7)18/h3-4,7H,1-2,5,13H2,(H,14,15)(H,16,17,18). The van der Waals surface area contributed by atoms with Gasteiger partial charge in [0.2, 0.25) is 11.8 Å². The first-order chi connectivity index (χ1) is 8.61. The molecule has 2 rings (SSSR count). The molecule has 2 heterocycles. The Hall–Kier alpha value is -2.02. The zero-order valence-electron chi connectivity index (χ0n) is 9.57. The van der Waals surface area contributed by atoms with E-state index in [-0.39, 0.29) is 24.7 Å². The van der Waals surface area contributed by atoms with Crippen LogP contribution >= 0.6 is 0 Å². The van der Waals surface area contributed by atoms with Crippen LogP contribution in [0.3, 0.4) is 0 Å². The average Bonchev–Trinajstić information content (AvgIpc) is 2.35. The van der Waals surface area contributed by atoms with Crippen molar-refractivity contribution in [1.29, 1.82) is 0 Å². The van der Waals surface area contributed by atoms with Crippen molar-refractivity contribution in [2.45, 2.75) is 25.4 Å². The second-order valence-corrected chi connectivity index (χ2v) is 3.98. The third-order valence-electron chi connectivity index (χ3n) is 2.74. The summed E-state index contributed by atoms with van der Waals surface area (Å²) >= 11 is 0. The first kappa shape index (κ1) is 12.4. The van der Waals surface area contributed by atoms with E-state index in [1.165, 1.54) is 12.3 Å². The number of hydrogen-bond donors (Lipinski definition) is 3. The van der Waals surface area contributed by atoms with Crippen LogP contribution in [0.5, 0.6) is 0 Å². The number of rotatable bonds is 3. The first-order valence-corrected chi connectivity index (χ1v) is 5.55. The van der Waals surface area contributed by atoms with Gasteiger partial charge >= 0.3 is 0 Å². The minimum Gasteiger partial charge on any atom is -0.356 e. The lowest BCUT2D eigenvalue weighted by Gasteiger charge is -2.22. The molecule has 4 N–H and O–H groups in total. The fraction of sp³-hybridized carbons (Fsp3) is 0.364. The number of pyridine rings is 1. The van der Waals surface area contributed by atoms with Crippen LogP contribution in [0.25, 0.3) is 0 Å². The molecule has 0 radical (unpaired) electrons. The van der Waals surface area contributed by atoms with E-state index in [9.17, 15) is 14.0 Å². The predicted molar refractivity (Wildman–Crippen MR) is 61.9 cm³/mol. The van der Waals surface area contributed by atoms with Crippen molar-refractivity contribution in [2.75, 3.05) is 5.32 Å². The summed E-state index contributed by atoms with van der Waals surface area (Å²) in [6.07, 6.45) is 1.96. The molecule has 1 saturated heterocycles. The molecule has 6 nitrogen and oxygen atoms in total. The number of halogens is 1. The van der Waals surface area contributed by atoms with E-state index >= 15 is 0 Å². The third-order valence-corrected chi connectivity index (χ3v) is 2.74. The summed E-state index contributed by atoms with van der Waals surface area (Å²) in [5.74, 6) is -1.37. The lowest BCUT2D eigenvalue weighted by molar-refractivity contribution is -0.133. The quantitative estimate of drug-likeness (QED) is 0.652. The van der Waals surface area contributed by atoms with Crippen molar-refractivity contribution in [3.8, 4) is 0 Å². The predicted octanol–water partition coefficient (Wildman–Crippen LogP) is -0.104. The Labute approximate surface area is 103 Å². The number of nitrogens with zero attached hydrogens (tertiary/aromatic N) is 1. The van der Waals surface area contributed by atoms with Crippen LogP contribution in [-0.2, 0) is 16.1 Å². The maximum absolute atomic E-state index is 13.8. The van der Waals surface area contributed by atoms with Gasteiger partial charge in [-0.25, -0.2) is 9.37 Å². The second kappa shape index (κ2) is 5.09. The Kier molecular flexibility index (Phi) is 3.52. The van der Waals surface area contributed by atoms with E-state index in [0.717, 1.165) is 0 Å². The fourth-order valence-electron chi connectivity index (χ4n) is 1.74. The molecule has 0 saturated carbocycles. The van der Waals surface area contributed by atoms with Gasteiger partial charge in [-0.05, 0) is 12.5 Å². The zero-order valence-corrected chi connectivity index (χ0v) is 9.57. The Morgan fingerprint density at radius 3 is 3.00 bits per heavy atom. The number of imide groups is 1. The summed E-state index contributed by atoms with van der Waals surface area (Å²) in [5.41, 5.74) is 5.70. The van der Waals surface area contributed by atoms with E-state index in [2.05, 4.69) is 15.6 Å². The van der Waals surface area contributed by atoms with Gasteiger partial charge in [-0.15, -0.1) is 0 Å². The molecule has 0 aromatic carbocycles. The smallest absolute Gasteiger partial charge is 0.249 e. The largest absolute Gasteiger partial charge is 0.356 e. The lowest BCUT2D eigenvalue weighted by Crippen LogP contribution is -2.47. The molecule has 1 fully saturated rings. The van der Waals surface area contributed by atoms with E-state index in [4.69, 9.17) is 5.73 Å². The highest BCUT2D eigenvalue weighted by atomic mass is 19.1. The van der Waals surface area contributed by atoms with E-state index < -0.39 is 17.8 Å². The van der Waals surface area contributed by atoms with E-state index in [1.54, 1.807) is 0 Å². The summed E-state index contributed by atoms with van der Waals surface area (Å²) in [7, 11) is 0. The van der Waals surface area contributed by atoms with Crippen molar-refractivity contribution in [3.05, 3.63) is 23.6 Å². The molecule has 1 aliphatic rings. The van der Waals surface area contributed by atoms with Crippen LogP contribution in [0, 0.1) is 5.82 Å². The molecule has 0 spiro atoms. The Morgan fingerprint density at radius 2 is 2.33 bits per heavy atom. The number of nitrogens with one attached hydrogen (secondary N) is 2. The summed E-state index contributed by atoms with van der Waals surface area (Å²) in [6.45, 7) is 0.0540. The van der Waals surface area contributed by atoms with Gasteiger partial charge in [0.25, 0.3) is 0 Å². The van der Waals surface area contributed by atoms with Gasteiger partial charge in [-0.3, -0.25) is 14.9 Å². The molecule has 1 aliphatic heterocycles. The van der Waals surface area contributed by atoms with Crippen molar-refractivity contribution in [1.82, 2.24) is 10.3 Å². The molecule has 96 valence electrons. The number of nitrogens with two attached hydrogens (primary N) is 1. The molecule has 2 amide bonds.